The van der Waals surface area contributed by atoms with Gasteiger partial charge in [0, 0.05) is 26.7 Å². The number of aromatic nitrogens is 1. The summed E-state index contributed by atoms with van der Waals surface area (Å²) in [7, 11) is 3.39. The molecule has 21 heavy (non-hydrogen) atoms. The van der Waals surface area contributed by atoms with Crippen LogP contribution in [0.15, 0.2) is 12.1 Å². The van der Waals surface area contributed by atoms with E-state index < -0.39 is 0 Å². The third kappa shape index (κ3) is 4.58. The van der Waals surface area contributed by atoms with Crippen LogP contribution >= 0.6 is 11.6 Å². The molecule has 1 N–H and O–H groups in total. The molecule has 0 atom stereocenters. The van der Waals surface area contributed by atoms with Gasteiger partial charge in [-0.15, -0.1) is 0 Å². The standard InChI is InChI=1S/C15H24ClN3O2/c1-5-11(6-2)19(9-10-21-4)15(20)14-12(16)7-8-13(17-3)18-14/h7-8,11H,5-6,9-10H2,1-4H3,(H,17,18). The maximum atomic E-state index is 12.8. The molecule has 0 unspecified atom stereocenters. The van der Waals surface area contributed by atoms with Crippen LogP contribution in [0.3, 0.4) is 0 Å². The molecule has 1 rings (SSSR count). The molecule has 0 fully saturated rings. The molecule has 0 aliphatic rings. The first-order valence-electron chi connectivity index (χ1n) is 7.23. The Morgan fingerprint density at radius 1 is 1.43 bits per heavy atom. The number of rotatable bonds is 8. The van der Waals surface area contributed by atoms with E-state index in [9.17, 15) is 4.79 Å². The quantitative estimate of drug-likeness (QED) is 0.801. The molecule has 0 saturated carbocycles. The van der Waals surface area contributed by atoms with Crippen molar-refractivity contribution in [3.05, 3.63) is 22.8 Å². The number of nitrogens with zero attached hydrogens (tertiary/aromatic N) is 2. The molecule has 0 bridgehead atoms. The minimum absolute atomic E-state index is 0.150. The van der Waals surface area contributed by atoms with Gasteiger partial charge >= 0.3 is 0 Å². The lowest BCUT2D eigenvalue weighted by atomic mass is 10.1. The molecule has 0 radical (unpaired) electrons. The Morgan fingerprint density at radius 2 is 2.10 bits per heavy atom. The van der Waals surface area contributed by atoms with Gasteiger partial charge in [0.05, 0.1) is 11.6 Å². The van der Waals surface area contributed by atoms with Crippen LogP contribution in [-0.2, 0) is 4.74 Å². The van der Waals surface area contributed by atoms with E-state index in [0.29, 0.717) is 24.0 Å². The maximum absolute atomic E-state index is 12.8. The maximum Gasteiger partial charge on any atom is 0.274 e. The molecule has 1 aromatic heterocycles. The zero-order valence-electron chi connectivity index (χ0n) is 13.1. The van der Waals surface area contributed by atoms with Gasteiger partial charge in [0.25, 0.3) is 5.91 Å². The number of carbonyl (C=O) groups excluding carboxylic acids is 1. The molecular weight excluding hydrogens is 290 g/mol. The molecule has 0 spiro atoms. The van der Waals surface area contributed by atoms with Gasteiger partial charge < -0.3 is 15.0 Å². The average molecular weight is 314 g/mol. The largest absolute Gasteiger partial charge is 0.383 e. The SMILES string of the molecule is CCC(CC)N(CCOC)C(=O)c1nc(NC)ccc1Cl. The van der Waals surface area contributed by atoms with E-state index in [-0.39, 0.29) is 17.6 Å². The minimum atomic E-state index is -0.150. The van der Waals surface area contributed by atoms with Crippen LogP contribution < -0.4 is 5.32 Å². The van der Waals surface area contributed by atoms with Crippen LogP contribution in [0, 0.1) is 0 Å². The summed E-state index contributed by atoms with van der Waals surface area (Å²) in [5.74, 6) is 0.474. The van der Waals surface area contributed by atoms with Gasteiger partial charge in [-0.2, -0.15) is 0 Å². The fraction of sp³-hybridized carbons (Fsp3) is 0.600. The van der Waals surface area contributed by atoms with Gasteiger partial charge in [0.2, 0.25) is 0 Å². The molecule has 118 valence electrons. The summed E-state index contributed by atoms with van der Waals surface area (Å²) in [4.78, 5) is 18.9. The summed E-state index contributed by atoms with van der Waals surface area (Å²) in [6, 6.07) is 3.59. The molecule has 1 amide bonds. The number of pyridine rings is 1. The number of methoxy groups -OCH3 is 1. The predicted octanol–water partition coefficient (Wildman–Crippen LogP) is 3.05. The van der Waals surface area contributed by atoms with E-state index in [0.717, 1.165) is 12.8 Å². The second kappa shape index (κ2) is 8.85. The predicted molar refractivity (Wildman–Crippen MR) is 86.1 cm³/mol. The van der Waals surface area contributed by atoms with Gasteiger partial charge in [-0.05, 0) is 25.0 Å². The fourth-order valence-electron chi connectivity index (χ4n) is 2.24. The Kier molecular flexibility index (Phi) is 7.47. The number of carbonyl (C=O) groups is 1. The topological polar surface area (TPSA) is 54.5 Å². The highest BCUT2D eigenvalue weighted by atomic mass is 35.5. The first-order valence-corrected chi connectivity index (χ1v) is 7.60. The summed E-state index contributed by atoms with van der Waals surface area (Å²) in [6.45, 7) is 5.16. The van der Waals surface area contributed by atoms with Gasteiger partial charge in [-0.1, -0.05) is 25.4 Å². The van der Waals surface area contributed by atoms with Crippen molar-refractivity contribution >= 4 is 23.3 Å². The Morgan fingerprint density at radius 3 is 2.62 bits per heavy atom. The lowest BCUT2D eigenvalue weighted by Gasteiger charge is -2.30. The smallest absolute Gasteiger partial charge is 0.274 e. The lowest BCUT2D eigenvalue weighted by Crippen LogP contribution is -2.42. The van der Waals surface area contributed by atoms with Crippen molar-refractivity contribution in [3.8, 4) is 0 Å². The average Bonchev–Trinajstić information content (AvgIpc) is 2.51. The van der Waals surface area contributed by atoms with Crippen LogP contribution in [0.2, 0.25) is 5.02 Å². The number of amides is 1. The summed E-state index contributed by atoms with van der Waals surface area (Å²) in [6.07, 6.45) is 1.77. The van der Waals surface area contributed by atoms with Crippen LogP contribution in [0.5, 0.6) is 0 Å². The molecule has 1 heterocycles. The Balaban J connectivity index is 3.08. The second-order valence-corrected chi connectivity index (χ2v) is 5.15. The number of hydrogen-bond donors (Lipinski definition) is 1. The number of nitrogens with one attached hydrogen (secondary N) is 1. The highest BCUT2D eigenvalue weighted by molar-refractivity contribution is 6.33. The van der Waals surface area contributed by atoms with Crippen molar-refractivity contribution in [1.29, 1.82) is 0 Å². The molecule has 0 aliphatic carbocycles. The van der Waals surface area contributed by atoms with Crippen molar-refractivity contribution in [2.75, 3.05) is 32.6 Å². The van der Waals surface area contributed by atoms with Gasteiger partial charge in [-0.3, -0.25) is 4.79 Å². The normalized spacial score (nSPS) is 10.8. The summed E-state index contributed by atoms with van der Waals surface area (Å²) in [5.41, 5.74) is 0.284. The number of anilines is 1. The first-order chi connectivity index (χ1) is 10.1. The monoisotopic (exact) mass is 313 g/mol. The molecule has 1 aromatic rings. The van der Waals surface area contributed by atoms with E-state index in [1.165, 1.54) is 0 Å². The van der Waals surface area contributed by atoms with Crippen molar-refractivity contribution < 1.29 is 9.53 Å². The Bertz CT molecular complexity index is 464. The Labute approximate surface area is 131 Å². The molecule has 0 aliphatic heterocycles. The fourth-order valence-corrected chi connectivity index (χ4v) is 2.42. The summed E-state index contributed by atoms with van der Waals surface area (Å²) >= 11 is 6.15. The molecule has 5 nitrogen and oxygen atoms in total. The molecule has 6 heteroatoms. The van der Waals surface area contributed by atoms with Crippen molar-refractivity contribution in [3.63, 3.8) is 0 Å². The van der Waals surface area contributed by atoms with Crippen molar-refractivity contribution in [2.45, 2.75) is 32.7 Å². The number of ether oxygens (including phenoxy) is 1. The van der Waals surface area contributed by atoms with E-state index >= 15 is 0 Å². The van der Waals surface area contributed by atoms with E-state index in [2.05, 4.69) is 24.1 Å². The second-order valence-electron chi connectivity index (χ2n) is 4.74. The zero-order chi connectivity index (χ0) is 15.8. The highest BCUT2D eigenvalue weighted by Crippen LogP contribution is 2.20. The highest BCUT2D eigenvalue weighted by Gasteiger charge is 2.25. The van der Waals surface area contributed by atoms with E-state index in [4.69, 9.17) is 16.3 Å². The first kappa shape index (κ1) is 17.7. The van der Waals surface area contributed by atoms with Crippen LogP contribution in [0.1, 0.15) is 37.2 Å². The third-order valence-corrected chi connectivity index (χ3v) is 3.79. The van der Waals surface area contributed by atoms with Crippen molar-refractivity contribution in [1.82, 2.24) is 9.88 Å². The zero-order valence-corrected chi connectivity index (χ0v) is 13.9. The van der Waals surface area contributed by atoms with E-state index in [1.807, 2.05) is 0 Å². The third-order valence-electron chi connectivity index (χ3n) is 3.49. The number of hydrogen-bond acceptors (Lipinski definition) is 4. The van der Waals surface area contributed by atoms with Gasteiger partial charge in [0.1, 0.15) is 11.5 Å². The summed E-state index contributed by atoms with van der Waals surface area (Å²) < 4.78 is 5.11. The molecular formula is C15H24ClN3O2. The number of halogens is 1. The van der Waals surface area contributed by atoms with Gasteiger partial charge in [-0.25, -0.2) is 4.98 Å². The van der Waals surface area contributed by atoms with Crippen LogP contribution in [0.25, 0.3) is 0 Å². The molecule has 0 aromatic carbocycles. The van der Waals surface area contributed by atoms with E-state index in [1.54, 1.807) is 31.2 Å². The summed E-state index contributed by atoms with van der Waals surface area (Å²) in [5, 5.41) is 3.29. The lowest BCUT2D eigenvalue weighted by molar-refractivity contribution is 0.0584. The van der Waals surface area contributed by atoms with Crippen LogP contribution in [-0.4, -0.2) is 49.1 Å². The van der Waals surface area contributed by atoms with Crippen LogP contribution in [0.4, 0.5) is 5.82 Å². The minimum Gasteiger partial charge on any atom is -0.383 e. The van der Waals surface area contributed by atoms with Crippen molar-refractivity contribution in [2.24, 2.45) is 0 Å². The molecule has 0 saturated heterocycles. The Hall–Kier alpha value is -1.33. The van der Waals surface area contributed by atoms with Gasteiger partial charge in [0.15, 0.2) is 0 Å².